The van der Waals surface area contributed by atoms with Crippen LogP contribution in [0.25, 0.3) is 11.3 Å². The molecule has 156 valence electrons. The molecule has 1 aliphatic carbocycles. The highest BCUT2D eigenvalue weighted by atomic mass is 32.1. The van der Waals surface area contributed by atoms with E-state index < -0.39 is 0 Å². The standard InChI is InChI=1S/C24H21N3O3S/c1-14-22(17-9-8-15-4-2-5-16(15)12-17)25-24(31-14)26-23(30)18-6-3-7-19(13-18)27-20(28)10-11-21(27)29/h3,6-9,12-13H,2,4-5,10-11H2,1H3,(H,25,26,30). The number of thiazole rings is 1. The zero-order valence-corrected chi connectivity index (χ0v) is 17.9. The van der Waals surface area contributed by atoms with Crippen LogP contribution in [-0.2, 0) is 22.4 Å². The van der Waals surface area contributed by atoms with Gasteiger partial charge in [0.25, 0.3) is 5.91 Å². The van der Waals surface area contributed by atoms with E-state index in [-0.39, 0.29) is 30.6 Å². The topological polar surface area (TPSA) is 79.4 Å². The van der Waals surface area contributed by atoms with E-state index in [2.05, 4.69) is 28.5 Å². The maximum absolute atomic E-state index is 12.8. The molecule has 5 rings (SSSR count). The maximum Gasteiger partial charge on any atom is 0.257 e. The number of aryl methyl sites for hydroxylation is 3. The normalized spacial score (nSPS) is 15.5. The third-order valence-electron chi connectivity index (χ3n) is 5.81. The molecule has 6 nitrogen and oxygen atoms in total. The summed E-state index contributed by atoms with van der Waals surface area (Å²) >= 11 is 1.43. The molecule has 3 amide bonds. The number of anilines is 2. The van der Waals surface area contributed by atoms with Crippen molar-refractivity contribution in [2.45, 2.75) is 39.0 Å². The minimum atomic E-state index is -0.324. The van der Waals surface area contributed by atoms with Gasteiger partial charge < -0.3 is 0 Å². The van der Waals surface area contributed by atoms with Crippen molar-refractivity contribution in [1.29, 1.82) is 0 Å². The Hall–Kier alpha value is -3.32. The molecule has 3 aromatic rings. The molecule has 1 fully saturated rings. The molecule has 1 N–H and O–H groups in total. The van der Waals surface area contributed by atoms with Gasteiger partial charge in [-0.25, -0.2) is 4.98 Å². The first-order valence-corrected chi connectivity index (χ1v) is 11.2. The SMILES string of the molecule is Cc1sc(NC(=O)c2cccc(N3C(=O)CCC3=O)c2)nc1-c1ccc2c(c1)CCC2. The van der Waals surface area contributed by atoms with Gasteiger partial charge in [-0.15, -0.1) is 11.3 Å². The highest BCUT2D eigenvalue weighted by molar-refractivity contribution is 7.16. The summed E-state index contributed by atoms with van der Waals surface area (Å²) in [6.45, 7) is 2.00. The number of benzene rings is 2. The smallest absolute Gasteiger partial charge is 0.257 e. The fourth-order valence-corrected chi connectivity index (χ4v) is 5.09. The summed E-state index contributed by atoms with van der Waals surface area (Å²) in [7, 11) is 0. The molecule has 0 radical (unpaired) electrons. The van der Waals surface area contributed by atoms with Gasteiger partial charge in [0.05, 0.1) is 11.4 Å². The van der Waals surface area contributed by atoms with Crippen LogP contribution in [0.2, 0.25) is 0 Å². The van der Waals surface area contributed by atoms with Gasteiger partial charge in [0.15, 0.2) is 5.13 Å². The Labute approximate surface area is 183 Å². The number of rotatable bonds is 4. The minimum absolute atomic E-state index is 0.207. The number of carbonyl (C=O) groups is 3. The van der Waals surface area contributed by atoms with Gasteiger partial charge in [-0.05, 0) is 61.6 Å². The molecule has 0 atom stereocenters. The third-order valence-corrected chi connectivity index (χ3v) is 6.69. The lowest BCUT2D eigenvalue weighted by molar-refractivity contribution is -0.121. The Bertz CT molecular complexity index is 1210. The van der Waals surface area contributed by atoms with E-state index in [1.54, 1.807) is 24.3 Å². The van der Waals surface area contributed by atoms with Gasteiger partial charge in [-0.2, -0.15) is 0 Å². The Morgan fingerprint density at radius 2 is 1.77 bits per heavy atom. The van der Waals surface area contributed by atoms with Crippen molar-refractivity contribution in [1.82, 2.24) is 4.98 Å². The van der Waals surface area contributed by atoms with E-state index in [1.807, 2.05) is 6.92 Å². The summed E-state index contributed by atoms with van der Waals surface area (Å²) in [6.07, 6.45) is 3.86. The number of nitrogens with zero attached hydrogens (tertiary/aromatic N) is 2. The van der Waals surface area contributed by atoms with Crippen molar-refractivity contribution in [2.75, 3.05) is 10.2 Å². The number of nitrogens with one attached hydrogen (secondary N) is 1. The van der Waals surface area contributed by atoms with Crippen LogP contribution < -0.4 is 10.2 Å². The van der Waals surface area contributed by atoms with Gasteiger partial charge in [-0.3, -0.25) is 24.6 Å². The summed E-state index contributed by atoms with van der Waals surface area (Å²) < 4.78 is 0. The summed E-state index contributed by atoms with van der Waals surface area (Å²) in [5.41, 5.74) is 5.56. The maximum atomic E-state index is 12.8. The zero-order valence-electron chi connectivity index (χ0n) is 17.1. The van der Waals surface area contributed by atoms with Crippen LogP contribution >= 0.6 is 11.3 Å². The lowest BCUT2D eigenvalue weighted by atomic mass is 10.0. The molecule has 1 aromatic heterocycles. The molecular weight excluding hydrogens is 410 g/mol. The first-order chi connectivity index (χ1) is 15.0. The molecule has 0 saturated carbocycles. The predicted octanol–water partition coefficient (Wildman–Crippen LogP) is 4.51. The fraction of sp³-hybridized carbons (Fsp3) is 0.250. The summed E-state index contributed by atoms with van der Waals surface area (Å²) in [5.74, 6) is -0.801. The molecule has 0 spiro atoms. The second-order valence-corrected chi connectivity index (χ2v) is 9.09. The summed E-state index contributed by atoms with van der Waals surface area (Å²) in [5, 5.41) is 3.39. The Morgan fingerprint density at radius 1 is 1.00 bits per heavy atom. The van der Waals surface area contributed by atoms with E-state index >= 15 is 0 Å². The first kappa shape index (κ1) is 19.6. The molecule has 0 bridgehead atoms. The molecule has 7 heteroatoms. The number of hydrogen-bond donors (Lipinski definition) is 1. The van der Waals surface area contributed by atoms with Crippen molar-refractivity contribution in [3.05, 3.63) is 64.0 Å². The average molecular weight is 432 g/mol. The average Bonchev–Trinajstić information content (AvgIpc) is 3.46. The number of aromatic nitrogens is 1. The fourth-order valence-electron chi connectivity index (χ4n) is 4.26. The number of fused-ring (bicyclic) bond motifs is 1. The van der Waals surface area contributed by atoms with Crippen molar-refractivity contribution < 1.29 is 14.4 Å². The van der Waals surface area contributed by atoms with Crippen LogP contribution in [0.5, 0.6) is 0 Å². The molecular formula is C24H21N3O3S. The zero-order chi connectivity index (χ0) is 21.5. The van der Waals surface area contributed by atoms with Crippen LogP contribution in [0.15, 0.2) is 42.5 Å². The molecule has 1 saturated heterocycles. The van der Waals surface area contributed by atoms with Gasteiger partial charge in [0, 0.05) is 28.8 Å². The Morgan fingerprint density at radius 3 is 2.58 bits per heavy atom. The highest BCUT2D eigenvalue weighted by Gasteiger charge is 2.30. The van der Waals surface area contributed by atoms with E-state index in [0.29, 0.717) is 16.4 Å². The first-order valence-electron chi connectivity index (χ1n) is 10.4. The lowest BCUT2D eigenvalue weighted by Crippen LogP contribution is -2.28. The van der Waals surface area contributed by atoms with Crippen molar-refractivity contribution in [3.8, 4) is 11.3 Å². The van der Waals surface area contributed by atoms with Gasteiger partial charge in [0.2, 0.25) is 11.8 Å². The van der Waals surface area contributed by atoms with Crippen LogP contribution in [0.1, 0.15) is 45.6 Å². The van der Waals surface area contributed by atoms with Gasteiger partial charge in [-0.1, -0.05) is 18.2 Å². The van der Waals surface area contributed by atoms with E-state index in [0.717, 1.165) is 33.9 Å². The van der Waals surface area contributed by atoms with Crippen LogP contribution in [0.4, 0.5) is 10.8 Å². The molecule has 31 heavy (non-hydrogen) atoms. The van der Waals surface area contributed by atoms with Crippen LogP contribution in [0.3, 0.4) is 0 Å². The quantitative estimate of drug-likeness (QED) is 0.617. The van der Waals surface area contributed by atoms with Gasteiger partial charge in [0.1, 0.15) is 0 Å². The molecule has 2 heterocycles. The molecule has 2 aromatic carbocycles. The van der Waals surface area contributed by atoms with Crippen LogP contribution in [-0.4, -0.2) is 22.7 Å². The predicted molar refractivity (Wildman–Crippen MR) is 120 cm³/mol. The van der Waals surface area contributed by atoms with Crippen molar-refractivity contribution in [3.63, 3.8) is 0 Å². The van der Waals surface area contributed by atoms with Gasteiger partial charge >= 0.3 is 0 Å². The van der Waals surface area contributed by atoms with Crippen molar-refractivity contribution >= 4 is 39.9 Å². The second-order valence-electron chi connectivity index (χ2n) is 7.89. The van der Waals surface area contributed by atoms with E-state index in [9.17, 15) is 14.4 Å². The molecule has 1 aliphatic heterocycles. The van der Waals surface area contributed by atoms with E-state index in [4.69, 9.17) is 0 Å². The second kappa shape index (κ2) is 7.74. The number of imide groups is 1. The minimum Gasteiger partial charge on any atom is -0.298 e. The summed E-state index contributed by atoms with van der Waals surface area (Å²) in [4.78, 5) is 43.7. The summed E-state index contributed by atoms with van der Waals surface area (Å²) in [6, 6.07) is 13.1. The Kier molecular flexibility index (Phi) is 4.90. The van der Waals surface area contributed by atoms with Crippen LogP contribution in [0, 0.1) is 6.92 Å². The van der Waals surface area contributed by atoms with Crippen molar-refractivity contribution in [2.24, 2.45) is 0 Å². The number of amides is 3. The molecule has 0 unspecified atom stereocenters. The largest absolute Gasteiger partial charge is 0.298 e. The number of carbonyl (C=O) groups excluding carboxylic acids is 3. The molecule has 2 aliphatic rings. The Balaban J connectivity index is 1.37. The lowest BCUT2D eigenvalue weighted by Gasteiger charge is -2.14. The number of hydrogen-bond acceptors (Lipinski definition) is 5. The highest BCUT2D eigenvalue weighted by Crippen LogP contribution is 2.33. The third kappa shape index (κ3) is 3.65. The monoisotopic (exact) mass is 431 g/mol. The van der Waals surface area contributed by atoms with E-state index in [1.165, 1.54) is 28.9 Å².